The van der Waals surface area contributed by atoms with Gasteiger partial charge in [0.05, 0.1) is 7.11 Å². The lowest BCUT2D eigenvalue weighted by molar-refractivity contribution is -0.145. The minimum absolute atomic E-state index is 0.281. The van der Waals surface area contributed by atoms with Crippen LogP contribution in [0.5, 0.6) is 0 Å². The second-order valence-corrected chi connectivity index (χ2v) is 9.21. The molecule has 1 aromatic rings. The number of hydrogen-bond acceptors (Lipinski definition) is 5. The van der Waals surface area contributed by atoms with Gasteiger partial charge in [0.2, 0.25) is 5.91 Å². The standard InChI is InChI=1S/C24H36N2O5/c1-24(2,3)31-23(29)26-19(15-17-11-7-5-8-12-17)21(27)25-20(22(28)30-4)16-18-13-9-6-10-14-18/h5,7-8,11-12,18-20H,6,9-10,13-16H2,1-4H3,(H,25,27)(H,26,29)/t19-,20?/m0/s1. The average Bonchev–Trinajstić information content (AvgIpc) is 2.72. The van der Waals surface area contributed by atoms with Gasteiger partial charge in [-0.2, -0.15) is 0 Å². The molecule has 0 spiro atoms. The summed E-state index contributed by atoms with van der Waals surface area (Å²) >= 11 is 0. The van der Waals surface area contributed by atoms with E-state index in [2.05, 4.69) is 10.6 Å². The van der Waals surface area contributed by atoms with E-state index in [0.717, 1.165) is 31.2 Å². The molecule has 0 aromatic heterocycles. The van der Waals surface area contributed by atoms with Crippen LogP contribution >= 0.6 is 0 Å². The number of rotatable bonds is 8. The molecule has 0 heterocycles. The Morgan fingerprint density at radius 1 is 1.00 bits per heavy atom. The smallest absolute Gasteiger partial charge is 0.408 e. The van der Waals surface area contributed by atoms with E-state index in [4.69, 9.17) is 9.47 Å². The van der Waals surface area contributed by atoms with Crippen LogP contribution in [0.1, 0.15) is 64.9 Å². The van der Waals surface area contributed by atoms with Crippen molar-refractivity contribution in [2.75, 3.05) is 7.11 Å². The molecule has 1 aliphatic rings. The highest BCUT2D eigenvalue weighted by Gasteiger charge is 2.31. The Labute approximate surface area is 185 Å². The molecular weight excluding hydrogens is 396 g/mol. The molecular formula is C24H36N2O5. The van der Waals surface area contributed by atoms with Gasteiger partial charge in [-0.1, -0.05) is 62.4 Å². The Hall–Kier alpha value is -2.57. The largest absolute Gasteiger partial charge is 0.467 e. The number of nitrogens with one attached hydrogen (secondary N) is 2. The van der Waals surface area contributed by atoms with Crippen LogP contribution in [-0.4, -0.2) is 42.8 Å². The van der Waals surface area contributed by atoms with E-state index in [9.17, 15) is 14.4 Å². The number of esters is 1. The molecule has 1 saturated carbocycles. The van der Waals surface area contributed by atoms with Crippen molar-refractivity contribution in [3.8, 4) is 0 Å². The van der Waals surface area contributed by atoms with Crippen LogP contribution in [-0.2, 0) is 25.5 Å². The van der Waals surface area contributed by atoms with Crippen LogP contribution in [0, 0.1) is 5.92 Å². The zero-order chi connectivity index (χ0) is 22.9. The van der Waals surface area contributed by atoms with Gasteiger partial charge in [-0.05, 0) is 38.7 Å². The van der Waals surface area contributed by atoms with E-state index in [1.54, 1.807) is 20.8 Å². The minimum atomic E-state index is -0.879. The maximum Gasteiger partial charge on any atom is 0.408 e. The van der Waals surface area contributed by atoms with E-state index in [-0.39, 0.29) is 6.42 Å². The van der Waals surface area contributed by atoms with E-state index in [1.807, 2.05) is 30.3 Å². The molecule has 7 heteroatoms. The summed E-state index contributed by atoms with van der Waals surface area (Å²) in [5.41, 5.74) is 0.202. The first kappa shape index (κ1) is 24.7. The molecule has 31 heavy (non-hydrogen) atoms. The van der Waals surface area contributed by atoms with Crippen molar-refractivity contribution in [3.63, 3.8) is 0 Å². The summed E-state index contributed by atoms with van der Waals surface area (Å²) in [5.74, 6) is -0.514. The third-order valence-corrected chi connectivity index (χ3v) is 5.39. The Bertz CT molecular complexity index is 723. The lowest BCUT2D eigenvalue weighted by Crippen LogP contribution is -2.53. The molecule has 0 radical (unpaired) electrons. The molecule has 172 valence electrons. The van der Waals surface area contributed by atoms with E-state index in [1.165, 1.54) is 13.5 Å². The zero-order valence-corrected chi connectivity index (χ0v) is 19.1. The highest BCUT2D eigenvalue weighted by atomic mass is 16.6. The molecule has 2 N–H and O–H groups in total. The second kappa shape index (κ2) is 11.7. The predicted octanol–water partition coefficient (Wildman–Crippen LogP) is 3.75. The van der Waals surface area contributed by atoms with Crippen molar-refractivity contribution in [1.82, 2.24) is 10.6 Å². The first-order chi connectivity index (χ1) is 14.7. The lowest BCUT2D eigenvalue weighted by atomic mass is 9.84. The van der Waals surface area contributed by atoms with Crippen LogP contribution < -0.4 is 10.6 Å². The van der Waals surface area contributed by atoms with Crippen LogP contribution in [0.4, 0.5) is 4.79 Å². The number of benzene rings is 1. The number of methoxy groups -OCH3 is 1. The van der Waals surface area contributed by atoms with Crippen LogP contribution in [0.3, 0.4) is 0 Å². The van der Waals surface area contributed by atoms with E-state index >= 15 is 0 Å². The molecule has 1 fully saturated rings. The number of carbonyl (C=O) groups excluding carboxylic acids is 3. The molecule has 2 amide bonds. The Balaban J connectivity index is 2.11. The zero-order valence-electron chi connectivity index (χ0n) is 19.1. The summed E-state index contributed by atoms with van der Waals surface area (Å²) in [6.07, 6.45) is 5.74. The van der Waals surface area contributed by atoms with E-state index in [0.29, 0.717) is 12.3 Å². The van der Waals surface area contributed by atoms with Crippen LogP contribution in [0.15, 0.2) is 30.3 Å². The maximum absolute atomic E-state index is 13.1. The number of amides is 2. The van der Waals surface area contributed by atoms with Gasteiger partial charge in [-0.3, -0.25) is 4.79 Å². The summed E-state index contributed by atoms with van der Waals surface area (Å²) in [6.45, 7) is 5.28. The molecule has 2 atom stereocenters. The molecule has 1 aromatic carbocycles. The van der Waals surface area contributed by atoms with Gasteiger partial charge >= 0.3 is 12.1 Å². The maximum atomic E-state index is 13.1. The van der Waals surface area contributed by atoms with Crippen molar-refractivity contribution in [3.05, 3.63) is 35.9 Å². The number of alkyl carbamates (subject to hydrolysis) is 1. The van der Waals surface area contributed by atoms with Crippen LogP contribution in [0.2, 0.25) is 0 Å². The molecule has 1 aliphatic carbocycles. The Kier molecular flexibility index (Phi) is 9.34. The fourth-order valence-corrected chi connectivity index (χ4v) is 3.89. The van der Waals surface area contributed by atoms with Gasteiger partial charge in [0, 0.05) is 6.42 Å². The molecule has 7 nitrogen and oxygen atoms in total. The van der Waals surface area contributed by atoms with E-state index < -0.39 is 35.7 Å². The fraction of sp³-hybridized carbons (Fsp3) is 0.625. The van der Waals surface area contributed by atoms with Gasteiger partial charge < -0.3 is 20.1 Å². The quantitative estimate of drug-likeness (QED) is 0.610. The normalized spacial score (nSPS) is 16.6. The summed E-state index contributed by atoms with van der Waals surface area (Å²) in [4.78, 5) is 37.8. The minimum Gasteiger partial charge on any atom is -0.467 e. The second-order valence-electron chi connectivity index (χ2n) is 9.21. The monoisotopic (exact) mass is 432 g/mol. The third-order valence-electron chi connectivity index (χ3n) is 5.39. The number of carbonyl (C=O) groups is 3. The van der Waals surface area contributed by atoms with Gasteiger partial charge in [-0.15, -0.1) is 0 Å². The van der Waals surface area contributed by atoms with Gasteiger partial charge in [-0.25, -0.2) is 9.59 Å². The first-order valence-electron chi connectivity index (χ1n) is 11.1. The van der Waals surface area contributed by atoms with Crippen molar-refractivity contribution >= 4 is 18.0 Å². The first-order valence-corrected chi connectivity index (χ1v) is 11.1. The SMILES string of the molecule is COC(=O)C(CC1CCCCC1)NC(=O)[C@H](Cc1ccccc1)NC(=O)OC(C)(C)C. The summed E-state index contributed by atoms with van der Waals surface area (Å²) < 4.78 is 10.3. The lowest BCUT2D eigenvalue weighted by Gasteiger charge is -2.28. The number of hydrogen-bond donors (Lipinski definition) is 2. The highest BCUT2D eigenvalue weighted by Crippen LogP contribution is 2.27. The molecule has 2 rings (SSSR count). The fourth-order valence-electron chi connectivity index (χ4n) is 3.89. The summed E-state index contributed by atoms with van der Waals surface area (Å²) in [6, 6.07) is 7.79. The molecule has 0 saturated heterocycles. The average molecular weight is 433 g/mol. The highest BCUT2D eigenvalue weighted by molar-refractivity contribution is 5.89. The van der Waals surface area contributed by atoms with Gasteiger partial charge in [0.1, 0.15) is 17.7 Å². The summed E-state index contributed by atoms with van der Waals surface area (Å²) in [5, 5.41) is 5.48. The van der Waals surface area contributed by atoms with Gasteiger partial charge in [0.15, 0.2) is 0 Å². The predicted molar refractivity (Wildman–Crippen MR) is 118 cm³/mol. The molecule has 0 aliphatic heterocycles. The van der Waals surface area contributed by atoms with Crippen molar-refractivity contribution < 1.29 is 23.9 Å². The van der Waals surface area contributed by atoms with Crippen molar-refractivity contribution in [1.29, 1.82) is 0 Å². The Morgan fingerprint density at radius 3 is 2.23 bits per heavy atom. The van der Waals surface area contributed by atoms with Gasteiger partial charge in [0.25, 0.3) is 0 Å². The number of ether oxygens (including phenoxy) is 2. The molecule has 0 bridgehead atoms. The van der Waals surface area contributed by atoms with Crippen molar-refractivity contribution in [2.45, 2.75) is 83.4 Å². The Morgan fingerprint density at radius 2 is 1.65 bits per heavy atom. The topological polar surface area (TPSA) is 93.7 Å². The summed E-state index contributed by atoms with van der Waals surface area (Å²) in [7, 11) is 1.32. The van der Waals surface area contributed by atoms with Crippen molar-refractivity contribution in [2.24, 2.45) is 5.92 Å². The molecule has 1 unspecified atom stereocenters. The van der Waals surface area contributed by atoms with Crippen LogP contribution in [0.25, 0.3) is 0 Å². The third kappa shape index (κ3) is 8.99.